The molecule has 1 unspecified atom stereocenters. The SMILES string of the molecule is COc1ccc(C2NCCc3cc(OC)c(OCCN(C)C)cc32)cc1F. The Hall–Kier alpha value is -2.31. The topological polar surface area (TPSA) is 43.0 Å². The Morgan fingerprint density at radius 2 is 1.85 bits per heavy atom. The minimum absolute atomic E-state index is 0.101. The molecule has 1 N–H and O–H groups in total. The molecule has 27 heavy (non-hydrogen) atoms. The molecule has 0 saturated carbocycles. The first-order valence-electron chi connectivity index (χ1n) is 9.08. The molecule has 0 amide bonds. The Morgan fingerprint density at radius 3 is 2.52 bits per heavy atom. The van der Waals surface area contributed by atoms with Crippen LogP contribution in [0.5, 0.6) is 17.2 Å². The number of fused-ring (bicyclic) bond motifs is 1. The van der Waals surface area contributed by atoms with Crippen molar-refractivity contribution in [3.63, 3.8) is 0 Å². The molecule has 0 aliphatic carbocycles. The molecule has 3 rings (SSSR count). The van der Waals surface area contributed by atoms with Crippen LogP contribution in [0.4, 0.5) is 4.39 Å². The van der Waals surface area contributed by atoms with Crippen molar-refractivity contribution in [2.75, 3.05) is 48.0 Å². The summed E-state index contributed by atoms with van der Waals surface area (Å²) in [6.07, 6.45) is 0.888. The number of methoxy groups -OCH3 is 2. The zero-order chi connectivity index (χ0) is 19.4. The molecule has 2 aromatic rings. The molecule has 6 heteroatoms. The summed E-state index contributed by atoms with van der Waals surface area (Å²) < 4.78 is 30.7. The smallest absolute Gasteiger partial charge is 0.165 e. The van der Waals surface area contributed by atoms with E-state index in [9.17, 15) is 4.39 Å². The van der Waals surface area contributed by atoms with Gasteiger partial charge in [-0.3, -0.25) is 0 Å². The van der Waals surface area contributed by atoms with Crippen LogP contribution in [-0.2, 0) is 6.42 Å². The van der Waals surface area contributed by atoms with E-state index in [1.807, 2.05) is 32.3 Å². The van der Waals surface area contributed by atoms with Gasteiger partial charge >= 0.3 is 0 Å². The first kappa shape index (κ1) is 19.5. The lowest BCUT2D eigenvalue weighted by molar-refractivity contribution is 0.250. The number of benzene rings is 2. The number of halogens is 1. The van der Waals surface area contributed by atoms with Crippen LogP contribution in [-0.4, -0.2) is 52.9 Å². The average molecular weight is 374 g/mol. The van der Waals surface area contributed by atoms with Gasteiger partial charge in [0.15, 0.2) is 23.1 Å². The number of likely N-dealkylation sites (N-methyl/N-ethyl adjacent to an activating group) is 1. The van der Waals surface area contributed by atoms with Gasteiger partial charge in [-0.25, -0.2) is 4.39 Å². The van der Waals surface area contributed by atoms with Crippen molar-refractivity contribution in [3.05, 3.63) is 52.8 Å². The van der Waals surface area contributed by atoms with Crippen molar-refractivity contribution in [2.45, 2.75) is 12.5 Å². The van der Waals surface area contributed by atoms with Gasteiger partial charge in [0.25, 0.3) is 0 Å². The summed E-state index contributed by atoms with van der Waals surface area (Å²) in [5.41, 5.74) is 3.14. The van der Waals surface area contributed by atoms with E-state index in [1.54, 1.807) is 13.2 Å². The molecule has 1 aliphatic rings. The summed E-state index contributed by atoms with van der Waals surface area (Å²) in [5.74, 6) is 1.33. The number of nitrogens with zero attached hydrogens (tertiary/aromatic N) is 1. The van der Waals surface area contributed by atoms with E-state index in [-0.39, 0.29) is 17.6 Å². The molecule has 0 radical (unpaired) electrons. The molecular formula is C21H27FN2O3. The fourth-order valence-electron chi connectivity index (χ4n) is 3.33. The number of nitrogens with one attached hydrogen (secondary N) is 1. The lowest BCUT2D eigenvalue weighted by Crippen LogP contribution is -2.30. The van der Waals surface area contributed by atoms with Crippen molar-refractivity contribution in [1.82, 2.24) is 10.2 Å². The van der Waals surface area contributed by atoms with Gasteiger partial charge in [0.2, 0.25) is 0 Å². The first-order chi connectivity index (χ1) is 13.0. The van der Waals surface area contributed by atoms with Crippen LogP contribution in [0.15, 0.2) is 30.3 Å². The third-order valence-corrected chi connectivity index (χ3v) is 4.78. The molecule has 5 nitrogen and oxygen atoms in total. The Kier molecular flexibility index (Phi) is 6.19. The van der Waals surface area contributed by atoms with E-state index in [1.165, 1.54) is 18.7 Å². The van der Waals surface area contributed by atoms with Crippen LogP contribution in [0, 0.1) is 5.82 Å². The molecule has 1 heterocycles. The summed E-state index contributed by atoms with van der Waals surface area (Å²) in [6.45, 7) is 2.19. The van der Waals surface area contributed by atoms with Gasteiger partial charge < -0.3 is 24.4 Å². The van der Waals surface area contributed by atoms with E-state index in [0.717, 1.165) is 36.4 Å². The molecule has 1 aliphatic heterocycles. The lowest BCUT2D eigenvalue weighted by Gasteiger charge is -2.29. The number of rotatable bonds is 7. The minimum Gasteiger partial charge on any atom is -0.494 e. The van der Waals surface area contributed by atoms with Crippen molar-refractivity contribution in [1.29, 1.82) is 0 Å². The molecular weight excluding hydrogens is 347 g/mol. The van der Waals surface area contributed by atoms with Crippen LogP contribution in [0.3, 0.4) is 0 Å². The van der Waals surface area contributed by atoms with E-state index in [2.05, 4.69) is 10.2 Å². The van der Waals surface area contributed by atoms with Gasteiger partial charge in [-0.05, 0) is 61.5 Å². The van der Waals surface area contributed by atoms with E-state index in [0.29, 0.717) is 12.4 Å². The second-order valence-corrected chi connectivity index (χ2v) is 6.88. The summed E-state index contributed by atoms with van der Waals surface area (Å²) >= 11 is 0. The van der Waals surface area contributed by atoms with Crippen LogP contribution in [0.25, 0.3) is 0 Å². The summed E-state index contributed by atoms with van der Waals surface area (Å²) in [7, 11) is 7.13. The minimum atomic E-state index is -0.361. The van der Waals surface area contributed by atoms with Crippen LogP contribution in [0.2, 0.25) is 0 Å². The van der Waals surface area contributed by atoms with Crippen molar-refractivity contribution < 1.29 is 18.6 Å². The zero-order valence-electron chi connectivity index (χ0n) is 16.3. The predicted molar refractivity (Wildman–Crippen MR) is 104 cm³/mol. The van der Waals surface area contributed by atoms with E-state index < -0.39 is 0 Å². The first-order valence-corrected chi connectivity index (χ1v) is 9.08. The Bertz CT molecular complexity index is 795. The maximum Gasteiger partial charge on any atom is 0.165 e. The maximum atomic E-state index is 14.2. The molecule has 1 atom stereocenters. The van der Waals surface area contributed by atoms with Crippen LogP contribution < -0.4 is 19.5 Å². The average Bonchev–Trinajstić information content (AvgIpc) is 2.66. The van der Waals surface area contributed by atoms with Crippen LogP contribution >= 0.6 is 0 Å². The van der Waals surface area contributed by atoms with Gasteiger partial charge in [-0.15, -0.1) is 0 Å². The lowest BCUT2D eigenvalue weighted by atomic mass is 9.89. The predicted octanol–water partition coefficient (Wildman–Crippen LogP) is 3.02. The molecule has 0 aromatic heterocycles. The standard InChI is InChI=1S/C21H27FN2O3/c1-24(2)9-10-27-20-13-16-14(12-19(20)26-4)7-8-23-21(16)15-5-6-18(25-3)17(22)11-15/h5-6,11-13,21,23H,7-10H2,1-4H3. The molecule has 0 bridgehead atoms. The maximum absolute atomic E-state index is 14.2. The summed E-state index contributed by atoms with van der Waals surface area (Å²) in [6, 6.07) is 9.04. The highest BCUT2D eigenvalue weighted by atomic mass is 19.1. The highest BCUT2D eigenvalue weighted by Gasteiger charge is 2.25. The molecule has 0 saturated heterocycles. The highest BCUT2D eigenvalue weighted by Crippen LogP contribution is 2.38. The fourth-order valence-corrected chi connectivity index (χ4v) is 3.33. The van der Waals surface area contributed by atoms with Crippen molar-refractivity contribution in [2.24, 2.45) is 0 Å². The third-order valence-electron chi connectivity index (χ3n) is 4.78. The number of ether oxygens (including phenoxy) is 3. The van der Waals surface area contributed by atoms with E-state index >= 15 is 0 Å². The molecule has 146 valence electrons. The highest BCUT2D eigenvalue weighted by molar-refractivity contribution is 5.52. The molecule has 2 aromatic carbocycles. The Morgan fingerprint density at radius 1 is 1.07 bits per heavy atom. The van der Waals surface area contributed by atoms with Gasteiger partial charge in [-0.1, -0.05) is 6.07 Å². The van der Waals surface area contributed by atoms with Gasteiger partial charge in [0, 0.05) is 13.1 Å². The van der Waals surface area contributed by atoms with Crippen molar-refractivity contribution in [3.8, 4) is 17.2 Å². The van der Waals surface area contributed by atoms with Crippen molar-refractivity contribution >= 4 is 0 Å². The second-order valence-electron chi connectivity index (χ2n) is 6.88. The summed E-state index contributed by atoms with van der Waals surface area (Å²) in [4.78, 5) is 2.06. The normalized spacial score (nSPS) is 16.1. The largest absolute Gasteiger partial charge is 0.494 e. The quantitative estimate of drug-likeness (QED) is 0.807. The monoisotopic (exact) mass is 374 g/mol. The Labute approximate surface area is 160 Å². The van der Waals surface area contributed by atoms with Gasteiger partial charge in [0.1, 0.15) is 6.61 Å². The van der Waals surface area contributed by atoms with Crippen LogP contribution in [0.1, 0.15) is 22.7 Å². The zero-order valence-corrected chi connectivity index (χ0v) is 16.3. The Balaban J connectivity index is 1.94. The second kappa shape index (κ2) is 8.59. The number of hydrogen-bond donors (Lipinski definition) is 1. The third kappa shape index (κ3) is 4.34. The fraction of sp³-hybridized carbons (Fsp3) is 0.429. The summed E-state index contributed by atoms with van der Waals surface area (Å²) in [5, 5.41) is 3.48. The van der Waals surface area contributed by atoms with Gasteiger partial charge in [-0.2, -0.15) is 0 Å². The van der Waals surface area contributed by atoms with E-state index in [4.69, 9.17) is 14.2 Å². The molecule has 0 fully saturated rings. The molecule has 0 spiro atoms. The van der Waals surface area contributed by atoms with Gasteiger partial charge in [0.05, 0.1) is 20.3 Å². The number of hydrogen-bond acceptors (Lipinski definition) is 5.